The molecule has 0 radical (unpaired) electrons. The van der Waals surface area contributed by atoms with E-state index in [-0.39, 0.29) is 42.5 Å². The molecule has 0 atom stereocenters. The molecule has 0 aliphatic carbocycles. The Kier molecular flexibility index (Phi) is 10.3. The number of carbonyl (C=O) groups is 1. The normalized spacial score (nSPS) is 12.0. The summed E-state index contributed by atoms with van der Waals surface area (Å²) in [6.45, 7) is 10.4. The Balaban J connectivity index is 0. The number of nitrogens with zero attached hydrogens (tertiary/aromatic N) is 1. The highest BCUT2D eigenvalue weighted by Crippen LogP contribution is 2.06. The zero-order valence-electron chi connectivity index (χ0n) is 11.9. The van der Waals surface area contributed by atoms with Gasteiger partial charge in [0, 0.05) is 6.54 Å². The van der Waals surface area contributed by atoms with Crippen molar-refractivity contribution in [1.82, 2.24) is 5.32 Å². The van der Waals surface area contributed by atoms with Gasteiger partial charge in [0.1, 0.15) is 12.1 Å². The smallest absolute Gasteiger partial charge is 0.328 e. The first-order chi connectivity index (χ1) is 7.70. The summed E-state index contributed by atoms with van der Waals surface area (Å²) in [6.07, 6.45) is 1.02. The van der Waals surface area contributed by atoms with Crippen LogP contribution in [0.5, 0.6) is 0 Å². The first-order valence-corrected chi connectivity index (χ1v) is 5.96. The van der Waals surface area contributed by atoms with Crippen molar-refractivity contribution in [3.63, 3.8) is 0 Å². The molecule has 0 aromatic rings. The van der Waals surface area contributed by atoms with Crippen molar-refractivity contribution < 1.29 is 9.53 Å². The molecule has 5 nitrogen and oxygen atoms in total. The average molecular weight is 371 g/mol. The maximum absolute atomic E-state index is 11.3. The molecule has 6 heteroatoms. The van der Waals surface area contributed by atoms with E-state index < -0.39 is 5.60 Å². The lowest BCUT2D eigenvalue weighted by atomic mass is 10.1. The summed E-state index contributed by atoms with van der Waals surface area (Å²) in [5.74, 6) is 0.531. The van der Waals surface area contributed by atoms with E-state index >= 15 is 0 Å². The molecule has 0 aromatic heterocycles. The molecule has 0 aromatic carbocycles. The Bertz CT molecular complexity index is 273. The SMILES string of the molecule is CC(C)CCNC(N)=NCC(=O)OC(C)(C)C.I. The van der Waals surface area contributed by atoms with Crippen molar-refractivity contribution >= 4 is 35.9 Å². The van der Waals surface area contributed by atoms with Crippen LogP contribution < -0.4 is 11.1 Å². The van der Waals surface area contributed by atoms with Crippen LogP contribution in [0.15, 0.2) is 4.99 Å². The van der Waals surface area contributed by atoms with E-state index in [1.54, 1.807) is 0 Å². The van der Waals surface area contributed by atoms with Crippen molar-refractivity contribution in [3.8, 4) is 0 Å². The topological polar surface area (TPSA) is 76.7 Å². The highest BCUT2D eigenvalue weighted by Gasteiger charge is 2.15. The summed E-state index contributed by atoms with van der Waals surface area (Å²) in [5.41, 5.74) is 5.12. The number of aliphatic imine (C=N–C) groups is 1. The van der Waals surface area contributed by atoms with E-state index in [1.807, 2.05) is 20.8 Å². The summed E-state index contributed by atoms with van der Waals surface area (Å²) >= 11 is 0. The van der Waals surface area contributed by atoms with E-state index in [0.29, 0.717) is 5.92 Å². The molecule has 0 aliphatic heterocycles. The first kappa shape index (κ1) is 19.8. The van der Waals surface area contributed by atoms with Crippen LogP contribution >= 0.6 is 24.0 Å². The molecule has 108 valence electrons. The van der Waals surface area contributed by atoms with Crippen LogP contribution in [-0.2, 0) is 9.53 Å². The molecule has 0 heterocycles. The second-order valence-corrected chi connectivity index (χ2v) is 5.40. The van der Waals surface area contributed by atoms with Crippen LogP contribution in [0.1, 0.15) is 41.0 Å². The van der Waals surface area contributed by atoms with Crippen molar-refractivity contribution in [2.75, 3.05) is 13.1 Å². The van der Waals surface area contributed by atoms with Gasteiger partial charge in [0.05, 0.1) is 0 Å². The van der Waals surface area contributed by atoms with Gasteiger partial charge in [0.25, 0.3) is 0 Å². The van der Waals surface area contributed by atoms with Gasteiger partial charge in [-0.3, -0.25) is 4.79 Å². The second-order valence-electron chi connectivity index (χ2n) is 5.40. The Hall–Kier alpha value is -0.530. The van der Waals surface area contributed by atoms with Gasteiger partial charge < -0.3 is 15.8 Å². The van der Waals surface area contributed by atoms with Gasteiger partial charge in [-0.25, -0.2) is 4.99 Å². The van der Waals surface area contributed by atoms with Crippen LogP contribution in [0.4, 0.5) is 0 Å². The maximum atomic E-state index is 11.3. The summed E-state index contributed by atoms with van der Waals surface area (Å²) in [7, 11) is 0. The molecular weight excluding hydrogens is 345 g/mol. The predicted molar refractivity (Wildman–Crippen MR) is 85.2 cm³/mol. The minimum atomic E-state index is -0.480. The van der Waals surface area contributed by atoms with Crippen molar-refractivity contribution in [3.05, 3.63) is 0 Å². The summed E-state index contributed by atoms with van der Waals surface area (Å²) in [6, 6.07) is 0. The van der Waals surface area contributed by atoms with E-state index in [0.717, 1.165) is 13.0 Å². The highest BCUT2D eigenvalue weighted by molar-refractivity contribution is 14.0. The predicted octanol–water partition coefficient (Wildman–Crippen LogP) is 1.90. The minimum absolute atomic E-state index is 0. The number of ether oxygens (including phenoxy) is 1. The van der Waals surface area contributed by atoms with Crippen molar-refractivity contribution in [2.24, 2.45) is 16.6 Å². The summed E-state index contributed by atoms with van der Waals surface area (Å²) in [4.78, 5) is 15.2. The molecule has 0 spiro atoms. The molecule has 18 heavy (non-hydrogen) atoms. The lowest BCUT2D eigenvalue weighted by Crippen LogP contribution is -2.34. The molecule has 0 aliphatic rings. The Morgan fingerprint density at radius 2 is 1.94 bits per heavy atom. The van der Waals surface area contributed by atoms with Gasteiger partial charge in [-0.2, -0.15) is 0 Å². The molecular formula is C12H26IN3O2. The molecule has 3 N–H and O–H groups in total. The molecule has 0 fully saturated rings. The highest BCUT2D eigenvalue weighted by atomic mass is 127. The third kappa shape index (κ3) is 13.5. The Morgan fingerprint density at radius 1 is 1.39 bits per heavy atom. The van der Waals surface area contributed by atoms with Crippen LogP contribution in [0.3, 0.4) is 0 Å². The maximum Gasteiger partial charge on any atom is 0.328 e. The molecule has 0 amide bonds. The van der Waals surface area contributed by atoms with Crippen LogP contribution in [-0.4, -0.2) is 30.6 Å². The molecule has 0 bridgehead atoms. The molecule has 0 unspecified atom stereocenters. The number of rotatable bonds is 5. The number of hydrogen-bond acceptors (Lipinski definition) is 3. The Morgan fingerprint density at radius 3 is 2.39 bits per heavy atom. The van der Waals surface area contributed by atoms with Gasteiger partial charge in [-0.05, 0) is 33.1 Å². The lowest BCUT2D eigenvalue weighted by Gasteiger charge is -2.18. The van der Waals surface area contributed by atoms with Gasteiger partial charge in [-0.1, -0.05) is 13.8 Å². The standard InChI is InChI=1S/C12H25N3O2.HI/c1-9(2)6-7-14-11(13)15-8-10(16)17-12(3,4)5;/h9H,6-8H2,1-5H3,(H3,13,14,15);1H. The van der Waals surface area contributed by atoms with Crippen molar-refractivity contribution in [2.45, 2.75) is 46.6 Å². The molecule has 0 saturated heterocycles. The quantitative estimate of drug-likeness (QED) is 0.335. The Labute approximate surface area is 127 Å². The van der Waals surface area contributed by atoms with E-state index in [2.05, 4.69) is 24.2 Å². The van der Waals surface area contributed by atoms with Gasteiger partial charge in [0.15, 0.2) is 5.96 Å². The fourth-order valence-corrected chi connectivity index (χ4v) is 1.07. The molecule has 0 saturated carbocycles. The monoisotopic (exact) mass is 371 g/mol. The zero-order valence-corrected chi connectivity index (χ0v) is 14.3. The minimum Gasteiger partial charge on any atom is -0.459 e. The fourth-order valence-electron chi connectivity index (χ4n) is 1.07. The van der Waals surface area contributed by atoms with Crippen LogP contribution in [0.25, 0.3) is 0 Å². The zero-order chi connectivity index (χ0) is 13.5. The summed E-state index contributed by atoms with van der Waals surface area (Å²) < 4.78 is 5.10. The average Bonchev–Trinajstić information content (AvgIpc) is 2.11. The number of esters is 1. The molecule has 0 rings (SSSR count). The lowest BCUT2D eigenvalue weighted by molar-refractivity contribution is -0.152. The van der Waals surface area contributed by atoms with Gasteiger partial charge in [0.2, 0.25) is 0 Å². The number of nitrogens with two attached hydrogens (primary N) is 1. The first-order valence-electron chi connectivity index (χ1n) is 5.96. The third-order valence-electron chi connectivity index (χ3n) is 1.83. The number of carbonyl (C=O) groups excluding carboxylic acids is 1. The van der Waals surface area contributed by atoms with E-state index in [9.17, 15) is 4.79 Å². The number of hydrogen-bond donors (Lipinski definition) is 2. The van der Waals surface area contributed by atoms with Crippen molar-refractivity contribution in [1.29, 1.82) is 0 Å². The second kappa shape index (κ2) is 9.41. The van der Waals surface area contributed by atoms with Crippen LogP contribution in [0, 0.1) is 5.92 Å². The van der Waals surface area contributed by atoms with Gasteiger partial charge >= 0.3 is 5.97 Å². The number of guanidine groups is 1. The van der Waals surface area contributed by atoms with Crippen LogP contribution in [0.2, 0.25) is 0 Å². The largest absolute Gasteiger partial charge is 0.459 e. The third-order valence-corrected chi connectivity index (χ3v) is 1.83. The summed E-state index contributed by atoms with van der Waals surface area (Å²) in [5, 5.41) is 2.95. The van der Waals surface area contributed by atoms with E-state index in [4.69, 9.17) is 10.5 Å². The fraction of sp³-hybridized carbons (Fsp3) is 0.833. The van der Waals surface area contributed by atoms with E-state index in [1.165, 1.54) is 0 Å². The number of nitrogens with one attached hydrogen (secondary N) is 1. The van der Waals surface area contributed by atoms with Gasteiger partial charge in [-0.15, -0.1) is 24.0 Å². The number of halogens is 1.